The van der Waals surface area contributed by atoms with E-state index in [1.54, 1.807) is 18.2 Å². The van der Waals surface area contributed by atoms with Gasteiger partial charge in [-0.05, 0) is 42.7 Å². The summed E-state index contributed by atoms with van der Waals surface area (Å²) in [5.41, 5.74) is 3.77. The van der Waals surface area contributed by atoms with Gasteiger partial charge in [0.1, 0.15) is 0 Å². The minimum atomic E-state index is -3.68. The second kappa shape index (κ2) is 8.85. The number of aryl methyl sites for hydroxylation is 2. The van der Waals surface area contributed by atoms with Crippen molar-refractivity contribution in [3.8, 4) is 0 Å². The average molecular weight is 430 g/mol. The minimum Gasteiger partial charge on any atom is -0.379 e. The maximum atomic E-state index is 13.0. The molecule has 7 nitrogen and oxygen atoms in total. The van der Waals surface area contributed by atoms with Crippen LogP contribution in [-0.2, 0) is 26.0 Å². The molecule has 1 saturated heterocycles. The second-order valence-electron chi connectivity index (χ2n) is 7.80. The molecular weight excluding hydrogens is 402 g/mol. The van der Waals surface area contributed by atoms with Crippen molar-refractivity contribution in [3.63, 3.8) is 0 Å². The monoisotopic (exact) mass is 429 g/mol. The number of ether oxygens (including phenoxy) is 1. The van der Waals surface area contributed by atoms with E-state index in [4.69, 9.17) is 4.74 Å². The van der Waals surface area contributed by atoms with Gasteiger partial charge in [0.2, 0.25) is 15.9 Å². The molecule has 0 bridgehead atoms. The van der Waals surface area contributed by atoms with Crippen molar-refractivity contribution in [2.75, 3.05) is 38.2 Å². The fourth-order valence-electron chi connectivity index (χ4n) is 4.02. The fourth-order valence-corrected chi connectivity index (χ4v) is 5.11. The van der Waals surface area contributed by atoms with Crippen LogP contribution in [0.5, 0.6) is 0 Å². The number of hydrogen-bond acceptors (Lipinski definition) is 5. The highest BCUT2D eigenvalue weighted by Crippen LogP contribution is 2.26. The number of anilines is 1. The van der Waals surface area contributed by atoms with Gasteiger partial charge in [-0.15, -0.1) is 0 Å². The smallest absolute Gasteiger partial charge is 0.240 e. The van der Waals surface area contributed by atoms with Crippen LogP contribution in [0, 0.1) is 6.92 Å². The van der Waals surface area contributed by atoms with Crippen LogP contribution < -0.4 is 10.0 Å². The van der Waals surface area contributed by atoms with E-state index in [2.05, 4.69) is 21.0 Å². The molecule has 0 saturated carbocycles. The Labute approximate surface area is 177 Å². The lowest BCUT2D eigenvalue weighted by molar-refractivity contribution is -0.116. The number of nitrogens with one attached hydrogen (secondary N) is 2. The molecule has 0 aliphatic carbocycles. The van der Waals surface area contributed by atoms with Gasteiger partial charge in [-0.1, -0.05) is 29.8 Å². The SMILES string of the molecule is Cc1cccc(C(CNS(=O)(=O)c2ccc3c(c2)CCC(=O)N3)N2CCOCC2)c1. The first-order valence-corrected chi connectivity index (χ1v) is 11.7. The van der Waals surface area contributed by atoms with E-state index in [1.807, 2.05) is 25.1 Å². The Bertz CT molecular complexity index is 1030. The summed E-state index contributed by atoms with van der Waals surface area (Å²) in [6, 6.07) is 13.0. The van der Waals surface area contributed by atoms with Crippen LogP contribution in [-0.4, -0.2) is 52.1 Å². The Balaban J connectivity index is 1.54. The van der Waals surface area contributed by atoms with Gasteiger partial charge in [0, 0.05) is 37.8 Å². The van der Waals surface area contributed by atoms with Crippen molar-refractivity contribution in [3.05, 3.63) is 59.2 Å². The number of carbonyl (C=O) groups excluding carboxylic acids is 1. The van der Waals surface area contributed by atoms with E-state index < -0.39 is 10.0 Å². The molecule has 1 unspecified atom stereocenters. The summed E-state index contributed by atoms with van der Waals surface area (Å²) in [7, 11) is -3.68. The van der Waals surface area contributed by atoms with Crippen LogP contribution in [0.15, 0.2) is 47.4 Å². The van der Waals surface area contributed by atoms with Crippen molar-refractivity contribution in [2.45, 2.75) is 30.7 Å². The molecular formula is C22H27N3O4S. The third kappa shape index (κ3) is 4.73. The molecule has 1 atom stereocenters. The van der Waals surface area contributed by atoms with Crippen molar-refractivity contribution in [1.82, 2.24) is 9.62 Å². The van der Waals surface area contributed by atoms with E-state index in [0.717, 1.165) is 29.8 Å². The topological polar surface area (TPSA) is 87.7 Å². The first-order chi connectivity index (χ1) is 14.4. The molecule has 0 spiro atoms. The molecule has 2 aliphatic heterocycles. The molecule has 1 amide bonds. The van der Waals surface area contributed by atoms with Gasteiger partial charge in [-0.3, -0.25) is 9.69 Å². The lowest BCUT2D eigenvalue weighted by Crippen LogP contribution is -2.43. The Morgan fingerprint density at radius 3 is 2.70 bits per heavy atom. The summed E-state index contributed by atoms with van der Waals surface area (Å²) in [5, 5.41) is 2.79. The summed E-state index contributed by atoms with van der Waals surface area (Å²) in [6.45, 7) is 5.13. The van der Waals surface area contributed by atoms with E-state index in [9.17, 15) is 13.2 Å². The average Bonchev–Trinajstić information content (AvgIpc) is 2.74. The summed E-state index contributed by atoms with van der Waals surface area (Å²) in [6.07, 6.45) is 0.917. The number of hydrogen-bond donors (Lipinski definition) is 2. The number of nitrogens with zero attached hydrogens (tertiary/aromatic N) is 1. The van der Waals surface area contributed by atoms with Gasteiger partial charge in [0.05, 0.1) is 18.1 Å². The molecule has 1 fully saturated rings. The Hall–Kier alpha value is -2.26. The number of sulfonamides is 1. The number of fused-ring (bicyclic) bond motifs is 1. The zero-order valence-corrected chi connectivity index (χ0v) is 17.9. The fraction of sp³-hybridized carbons (Fsp3) is 0.409. The van der Waals surface area contributed by atoms with E-state index in [-0.39, 0.29) is 23.4 Å². The maximum absolute atomic E-state index is 13.0. The van der Waals surface area contributed by atoms with Gasteiger partial charge in [0.25, 0.3) is 0 Å². The number of amides is 1. The summed E-state index contributed by atoms with van der Waals surface area (Å²) in [5.74, 6) is -0.0391. The molecule has 2 N–H and O–H groups in total. The predicted octanol–water partition coefficient (Wildman–Crippen LogP) is 2.23. The van der Waals surface area contributed by atoms with Crippen molar-refractivity contribution >= 4 is 21.6 Å². The normalized spacial score (nSPS) is 18.5. The van der Waals surface area contributed by atoms with Crippen LogP contribution in [0.3, 0.4) is 0 Å². The van der Waals surface area contributed by atoms with E-state index in [0.29, 0.717) is 31.7 Å². The maximum Gasteiger partial charge on any atom is 0.240 e. The number of benzene rings is 2. The lowest BCUT2D eigenvalue weighted by atomic mass is 10.0. The molecule has 2 aromatic rings. The van der Waals surface area contributed by atoms with Crippen LogP contribution in [0.4, 0.5) is 5.69 Å². The molecule has 0 aromatic heterocycles. The first-order valence-electron chi connectivity index (χ1n) is 10.2. The highest BCUT2D eigenvalue weighted by Gasteiger charge is 2.26. The zero-order valence-electron chi connectivity index (χ0n) is 17.1. The second-order valence-corrected chi connectivity index (χ2v) is 9.56. The highest BCUT2D eigenvalue weighted by atomic mass is 32.2. The van der Waals surface area contributed by atoms with Crippen LogP contribution >= 0.6 is 0 Å². The first kappa shape index (κ1) is 21.0. The minimum absolute atomic E-state index is 0.0391. The standard InChI is InChI=1S/C22H27N3O4S/c1-16-3-2-4-18(13-16)21(25-9-11-29-12-10-25)15-23-30(27,28)19-6-7-20-17(14-19)5-8-22(26)24-20/h2-4,6-7,13-14,21,23H,5,8-12,15H2,1H3,(H,24,26). The Morgan fingerprint density at radius 1 is 1.13 bits per heavy atom. The van der Waals surface area contributed by atoms with E-state index >= 15 is 0 Å². The summed E-state index contributed by atoms with van der Waals surface area (Å²) in [4.78, 5) is 14.0. The predicted molar refractivity (Wildman–Crippen MR) is 115 cm³/mol. The van der Waals surface area contributed by atoms with Crippen molar-refractivity contribution < 1.29 is 17.9 Å². The molecule has 2 aliphatic rings. The number of carbonyl (C=O) groups is 1. The Kier molecular flexibility index (Phi) is 6.19. The van der Waals surface area contributed by atoms with Crippen molar-refractivity contribution in [1.29, 1.82) is 0 Å². The molecule has 0 radical (unpaired) electrons. The highest BCUT2D eigenvalue weighted by molar-refractivity contribution is 7.89. The van der Waals surface area contributed by atoms with Gasteiger partial charge in [-0.25, -0.2) is 13.1 Å². The van der Waals surface area contributed by atoms with Gasteiger partial charge in [0.15, 0.2) is 0 Å². The quantitative estimate of drug-likeness (QED) is 0.735. The van der Waals surface area contributed by atoms with E-state index in [1.165, 1.54) is 0 Å². The Morgan fingerprint density at radius 2 is 1.93 bits per heavy atom. The molecule has 2 aromatic carbocycles. The number of morpholine rings is 1. The van der Waals surface area contributed by atoms with Crippen LogP contribution in [0.2, 0.25) is 0 Å². The van der Waals surface area contributed by atoms with Crippen LogP contribution in [0.1, 0.15) is 29.2 Å². The van der Waals surface area contributed by atoms with Gasteiger partial charge < -0.3 is 10.1 Å². The zero-order chi connectivity index (χ0) is 21.1. The molecule has 30 heavy (non-hydrogen) atoms. The van der Waals surface area contributed by atoms with Crippen molar-refractivity contribution in [2.24, 2.45) is 0 Å². The van der Waals surface area contributed by atoms with Gasteiger partial charge >= 0.3 is 0 Å². The third-order valence-corrected chi connectivity index (χ3v) is 7.08. The molecule has 8 heteroatoms. The molecule has 2 heterocycles. The summed E-state index contributed by atoms with van der Waals surface area (Å²) < 4.78 is 34.3. The molecule has 160 valence electrons. The molecule has 4 rings (SSSR count). The van der Waals surface area contributed by atoms with Crippen LogP contribution in [0.25, 0.3) is 0 Å². The largest absolute Gasteiger partial charge is 0.379 e. The summed E-state index contributed by atoms with van der Waals surface area (Å²) >= 11 is 0. The van der Waals surface area contributed by atoms with Gasteiger partial charge in [-0.2, -0.15) is 0 Å². The lowest BCUT2D eigenvalue weighted by Gasteiger charge is -2.35. The number of rotatable bonds is 6. The third-order valence-electron chi connectivity index (χ3n) is 5.66.